The van der Waals surface area contributed by atoms with Crippen LogP contribution in [0, 0.1) is 47.3 Å². The minimum atomic E-state index is -2.17. The second kappa shape index (κ2) is 11.2. The van der Waals surface area contributed by atoms with Crippen molar-refractivity contribution in [3.05, 3.63) is 83.8 Å². The van der Waals surface area contributed by atoms with E-state index in [2.05, 4.69) is 24.3 Å². The largest absolute Gasteiger partial charge is 3.00 e. The maximum atomic E-state index is 12.0. The third-order valence-electron chi connectivity index (χ3n) is 2.16. The van der Waals surface area contributed by atoms with E-state index in [-0.39, 0.29) is 21.7 Å². The zero-order valence-electron chi connectivity index (χ0n) is 11.3. The second-order valence-electron chi connectivity index (χ2n) is 3.70. The van der Waals surface area contributed by atoms with E-state index in [1.54, 1.807) is 0 Å². The Morgan fingerprint density at radius 1 is 0.682 bits per heavy atom. The van der Waals surface area contributed by atoms with Gasteiger partial charge in [0, 0.05) is 0 Å². The Morgan fingerprint density at radius 3 is 1.32 bits per heavy atom. The smallest absolute Gasteiger partial charge is 0.278 e. The summed E-state index contributed by atoms with van der Waals surface area (Å²) in [4.78, 5) is 0. The summed E-state index contributed by atoms with van der Waals surface area (Å²) in [7, 11) is 0. The third kappa shape index (κ3) is 7.01. The SMILES string of the molecule is Fc1[c-]c(F)c(F)c(F)c1F.[C-]1=CC=CC1.[C-]1=CC=CC1.[Ti+3]. The van der Waals surface area contributed by atoms with Crippen molar-refractivity contribution < 1.29 is 43.7 Å². The van der Waals surface area contributed by atoms with Crippen molar-refractivity contribution in [1.29, 1.82) is 0 Å². The monoisotopic (exact) mass is 345 g/mol. The van der Waals surface area contributed by atoms with Gasteiger partial charge >= 0.3 is 21.7 Å². The van der Waals surface area contributed by atoms with E-state index in [0.29, 0.717) is 0 Å². The van der Waals surface area contributed by atoms with Gasteiger partial charge in [-0.25, -0.2) is 37.5 Å². The van der Waals surface area contributed by atoms with Gasteiger partial charge in [0.2, 0.25) is 0 Å². The topological polar surface area (TPSA) is 0 Å². The van der Waals surface area contributed by atoms with Gasteiger partial charge < -0.3 is 0 Å². The van der Waals surface area contributed by atoms with E-state index in [1.165, 1.54) is 0 Å². The van der Waals surface area contributed by atoms with Crippen LogP contribution in [0.4, 0.5) is 22.0 Å². The molecule has 2 aliphatic carbocycles. The van der Waals surface area contributed by atoms with Gasteiger partial charge in [0.25, 0.3) is 0 Å². The van der Waals surface area contributed by atoms with Crippen LogP contribution in [0.1, 0.15) is 12.8 Å². The fraction of sp³-hybridized carbons (Fsp3) is 0.125. The van der Waals surface area contributed by atoms with Crippen molar-refractivity contribution in [2.45, 2.75) is 12.8 Å². The van der Waals surface area contributed by atoms with Crippen LogP contribution in [0.2, 0.25) is 0 Å². The van der Waals surface area contributed by atoms with Crippen molar-refractivity contribution in [1.82, 2.24) is 0 Å². The average molecular weight is 345 g/mol. The first-order valence-electron chi connectivity index (χ1n) is 5.88. The molecule has 1 radical (unpaired) electrons. The van der Waals surface area contributed by atoms with Crippen LogP contribution in [0.25, 0.3) is 0 Å². The minimum absolute atomic E-state index is 0. The van der Waals surface area contributed by atoms with Crippen molar-refractivity contribution in [2.75, 3.05) is 0 Å². The maximum absolute atomic E-state index is 12.0. The van der Waals surface area contributed by atoms with Crippen molar-refractivity contribution in [3.63, 3.8) is 0 Å². The summed E-state index contributed by atoms with van der Waals surface area (Å²) in [5, 5.41) is 0. The zero-order valence-corrected chi connectivity index (χ0v) is 12.8. The molecular formula is C16H10F5Ti. The Morgan fingerprint density at radius 2 is 1.09 bits per heavy atom. The van der Waals surface area contributed by atoms with Crippen molar-refractivity contribution >= 4 is 0 Å². The van der Waals surface area contributed by atoms with E-state index < -0.39 is 29.1 Å². The number of hydrogen-bond acceptors (Lipinski definition) is 0. The summed E-state index contributed by atoms with van der Waals surface area (Å²) in [5.41, 5.74) is 0. The fourth-order valence-electron chi connectivity index (χ4n) is 1.18. The number of hydrogen-bond donors (Lipinski definition) is 0. The summed E-state index contributed by atoms with van der Waals surface area (Å²) in [6.07, 6.45) is 20.0. The molecule has 6 heteroatoms. The molecule has 1 aromatic carbocycles. The number of rotatable bonds is 0. The fourth-order valence-corrected chi connectivity index (χ4v) is 1.18. The first-order valence-corrected chi connectivity index (χ1v) is 5.88. The molecule has 0 saturated carbocycles. The molecule has 2 aliphatic rings. The molecule has 0 unspecified atom stereocenters. The van der Waals surface area contributed by atoms with E-state index in [0.717, 1.165) is 18.9 Å². The zero-order chi connectivity index (χ0) is 15.7. The van der Waals surface area contributed by atoms with Gasteiger partial charge in [-0.15, -0.1) is 18.9 Å². The molecule has 0 aromatic heterocycles. The summed E-state index contributed by atoms with van der Waals surface area (Å²) < 4.78 is 59.9. The van der Waals surface area contributed by atoms with Crippen LogP contribution in [-0.4, -0.2) is 0 Å². The van der Waals surface area contributed by atoms with Crippen LogP contribution < -0.4 is 0 Å². The predicted octanol–water partition coefficient (Wildman–Crippen LogP) is 4.79. The molecule has 113 valence electrons. The van der Waals surface area contributed by atoms with E-state index in [4.69, 9.17) is 0 Å². The van der Waals surface area contributed by atoms with Gasteiger partial charge in [0.1, 0.15) is 0 Å². The van der Waals surface area contributed by atoms with Crippen molar-refractivity contribution in [3.8, 4) is 0 Å². The van der Waals surface area contributed by atoms with Gasteiger partial charge in [-0.05, 0) is 0 Å². The van der Waals surface area contributed by atoms with E-state index >= 15 is 0 Å². The van der Waals surface area contributed by atoms with Gasteiger partial charge in [-0.2, -0.15) is 12.2 Å². The van der Waals surface area contributed by atoms with Crippen LogP contribution in [0.3, 0.4) is 0 Å². The third-order valence-corrected chi connectivity index (χ3v) is 2.16. The maximum Gasteiger partial charge on any atom is 3.00 e. The molecule has 0 aliphatic heterocycles. The Labute approximate surface area is 140 Å². The molecule has 0 spiro atoms. The predicted molar refractivity (Wildman–Crippen MR) is 68.2 cm³/mol. The molecule has 0 saturated heterocycles. The molecule has 22 heavy (non-hydrogen) atoms. The summed E-state index contributed by atoms with van der Waals surface area (Å²) >= 11 is 0. The van der Waals surface area contributed by atoms with Gasteiger partial charge in [0.15, 0.2) is 0 Å². The Hall–Kier alpha value is -1.46. The molecule has 3 rings (SSSR count). The minimum Gasteiger partial charge on any atom is -0.278 e. The standard InChI is InChI=1S/C6F5.2C5H5.Ti/c7-2-1-3(8)5(10)6(11)4(2)9;2*1-2-4-5-3-1;/h;2*1-3H,4H2;/q3*-1;+3. The van der Waals surface area contributed by atoms with Gasteiger partial charge in [-0.1, -0.05) is 0 Å². The normalized spacial score (nSPS) is 13.1. The van der Waals surface area contributed by atoms with Crippen molar-refractivity contribution in [2.24, 2.45) is 0 Å². The van der Waals surface area contributed by atoms with Crippen LogP contribution in [0.5, 0.6) is 0 Å². The molecule has 0 N–H and O–H groups in total. The Balaban J connectivity index is 0.000000334. The van der Waals surface area contributed by atoms with E-state index in [1.807, 2.05) is 24.3 Å². The molecular weight excluding hydrogens is 335 g/mol. The molecule has 0 nitrogen and oxygen atoms in total. The van der Waals surface area contributed by atoms with E-state index in [9.17, 15) is 22.0 Å². The van der Waals surface area contributed by atoms with Crippen LogP contribution >= 0.6 is 0 Å². The van der Waals surface area contributed by atoms with Gasteiger partial charge in [-0.3, -0.25) is 20.9 Å². The summed E-state index contributed by atoms with van der Waals surface area (Å²) in [6.45, 7) is 0. The van der Waals surface area contributed by atoms with Crippen LogP contribution in [-0.2, 0) is 21.7 Å². The average Bonchev–Trinajstić information content (AvgIpc) is 3.20. The molecule has 0 atom stereocenters. The molecule has 0 fully saturated rings. The summed E-state index contributed by atoms with van der Waals surface area (Å²) in [5.74, 6) is -10.0. The second-order valence-corrected chi connectivity index (χ2v) is 3.70. The molecule has 0 bridgehead atoms. The van der Waals surface area contributed by atoms with Crippen LogP contribution in [0.15, 0.2) is 36.5 Å². The molecule has 1 aromatic rings. The Bertz CT molecular complexity index is 520. The first-order chi connectivity index (χ1) is 10.0. The number of benzene rings is 1. The summed E-state index contributed by atoms with van der Waals surface area (Å²) in [6, 6.07) is 1.02. The molecule has 0 heterocycles. The number of allylic oxidation sites excluding steroid dienone is 8. The first kappa shape index (κ1) is 20.5. The van der Waals surface area contributed by atoms with Gasteiger partial charge in [0.05, 0.1) is 29.1 Å². The number of halogens is 5. The molecule has 0 amide bonds. The quantitative estimate of drug-likeness (QED) is 0.209. The Kier molecular flexibility index (Phi) is 10.4.